The predicted molar refractivity (Wildman–Crippen MR) is 87.6 cm³/mol. The predicted octanol–water partition coefficient (Wildman–Crippen LogP) is 2.75. The van der Waals surface area contributed by atoms with Gasteiger partial charge in [-0.15, -0.1) is 0 Å². The van der Waals surface area contributed by atoms with E-state index < -0.39 is 0 Å². The molecule has 0 bridgehead atoms. The second kappa shape index (κ2) is 7.74. The summed E-state index contributed by atoms with van der Waals surface area (Å²) in [7, 11) is 1.54. The zero-order valence-corrected chi connectivity index (χ0v) is 12.9. The Morgan fingerprint density at radius 2 is 1.87 bits per heavy atom. The number of ether oxygens (including phenoxy) is 1. The molecule has 0 radical (unpaired) electrons. The van der Waals surface area contributed by atoms with E-state index in [-0.39, 0.29) is 17.5 Å². The SMILES string of the molecule is C/C=C/C(=O)Nc1ccc(Oc2ccnc(C(=O)NC)c2)cc1. The summed E-state index contributed by atoms with van der Waals surface area (Å²) < 4.78 is 5.67. The molecule has 2 rings (SSSR count). The van der Waals surface area contributed by atoms with Crippen molar-refractivity contribution >= 4 is 17.5 Å². The summed E-state index contributed by atoms with van der Waals surface area (Å²) in [4.78, 5) is 27.0. The molecule has 0 saturated heterocycles. The molecule has 0 fully saturated rings. The summed E-state index contributed by atoms with van der Waals surface area (Å²) in [6.07, 6.45) is 4.62. The molecule has 2 N–H and O–H groups in total. The Morgan fingerprint density at radius 1 is 1.13 bits per heavy atom. The lowest BCUT2D eigenvalue weighted by atomic mass is 10.3. The summed E-state index contributed by atoms with van der Waals surface area (Å²) in [5, 5.41) is 5.23. The molecule has 118 valence electrons. The summed E-state index contributed by atoms with van der Waals surface area (Å²) >= 11 is 0. The van der Waals surface area contributed by atoms with Crippen molar-refractivity contribution in [1.29, 1.82) is 0 Å². The Balaban J connectivity index is 2.06. The molecule has 0 saturated carbocycles. The average Bonchev–Trinajstić information content (AvgIpc) is 2.56. The number of hydrogen-bond donors (Lipinski definition) is 2. The Hall–Kier alpha value is -3.15. The van der Waals surface area contributed by atoms with E-state index in [1.807, 2.05) is 0 Å². The molecule has 0 aliphatic heterocycles. The van der Waals surface area contributed by atoms with Crippen molar-refractivity contribution in [1.82, 2.24) is 10.3 Å². The molecule has 1 heterocycles. The third kappa shape index (κ3) is 4.67. The third-order valence-corrected chi connectivity index (χ3v) is 2.87. The van der Waals surface area contributed by atoms with E-state index in [0.717, 1.165) is 0 Å². The van der Waals surface area contributed by atoms with Crippen molar-refractivity contribution in [3.8, 4) is 11.5 Å². The maximum absolute atomic E-state index is 11.5. The number of allylic oxidation sites excluding steroid dienone is 1. The first-order valence-corrected chi connectivity index (χ1v) is 7.02. The van der Waals surface area contributed by atoms with Crippen LogP contribution in [-0.4, -0.2) is 23.8 Å². The Labute approximate surface area is 134 Å². The Bertz CT molecular complexity index is 724. The van der Waals surface area contributed by atoms with Gasteiger partial charge in [0, 0.05) is 25.0 Å². The van der Waals surface area contributed by atoms with E-state index >= 15 is 0 Å². The normalized spacial score (nSPS) is 10.3. The highest BCUT2D eigenvalue weighted by Crippen LogP contribution is 2.23. The van der Waals surface area contributed by atoms with Gasteiger partial charge >= 0.3 is 0 Å². The second-order valence-corrected chi connectivity index (χ2v) is 4.57. The van der Waals surface area contributed by atoms with Gasteiger partial charge in [0.1, 0.15) is 17.2 Å². The van der Waals surface area contributed by atoms with E-state index in [0.29, 0.717) is 17.2 Å². The molecule has 0 atom stereocenters. The number of amides is 2. The molecule has 0 unspecified atom stereocenters. The van der Waals surface area contributed by atoms with Gasteiger partial charge in [-0.3, -0.25) is 14.6 Å². The van der Waals surface area contributed by atoms with Crippen LogP contribution in [0.5, 0.6) is 11.5 Å². The van der Waals surface area contributed by atoms with E-state index in [1.165, 1.54) is 19.3 Å². The first kappa shape index (κ1) is 16.2. The number of nitrogens with zero attached hydrogens (tertiary/aromatic N) is 1. The van der Waals surface area contributed by atoms with Crippen LogP contribution in [0.4, 0.5) is 5.69 Å². The van der Waals surface area contributed by atoms with Gasteiger partial charge in [-0.25, -0.2) is 0 Å². The van der Waals surface area contributed by atoms with Gasteiger partial charge in [0.2, 0.25) is 5.91 Å². The molecule has 2 amide bonds. The number of nitrogens with one attached hydrogen (secondary N) is 2. The van der Waals surface area contributed by atoms with Crippen LogP contribution >= 0.6 is 0 Å². The van der Waals surface area contributed by atoms with Crippen LogP contribution in [0.15, 0.2) is 54.7 Å². The van der Waals surface area contributed by atoms with Gasteiger partial charge in [-0.05, 0) is 43.3 Å². The van der Waals surface area contributed by atoms with Crippen molar-refractivity contribution in [2.24, 2.45) is 0 Å². The lowest BCUT2D eigenvalue weighted by Gasteiger charge is -2.08. The first-order valence-electron chi connectivity index (χ1n) is 7.02. The summed E-state index contributed by atoms with van der Waals surface area (Å²) in [6, 6.07) is 10.1. The zero-order valence-electron chi connectivity index (χ0n) is 12.9. The summed E-state index contributed by atoms with van der Waals surface area (Å²) in [5.74, 6) is 0.621. The van der Waals surface area contributed by atoms with E-state index in [9.17, 15) is 9.59 Å². The van der Waals surface area contributed by atoms with Crippen LogP contribution in [0.3, 0.4) is 0 Å². The lowest BCUT2D eigenvalue weighted by molar-refractivity contribution is -0.111. The Kier molecular flexibility index (Phi) is 5.46. The van der Waals surface area contributed by atoms with Crippen LogP contribution in [0, 0.1) is 0 Å². The van der Waals surface area contributed by atoms with Gasteiger partial charge in [0.15, 0.2) is 0 Å². The lowest BCUT2D eigenvalue weighted by Crippen LogP contribution is -2.18. The van der Waals surface area contributed by atoms with E-state index in [1.54, 1.807) is 49.4 Å². The number of hydrogen-bond acceptors (Lipinski definition) is 4. The van der Waals surface area contributed by atoms with Gasteiger partial charge in [-0.2, -0.15) is 0 Å². The minimum absolute atomic E-state index is 0.189. The van der Waals surface area contributed by atoms with Crippen LogP contribution in [0.25, 0.3) is 0 Å². The molecular weight excluding hydrogens is 294 g/mol. The number of pyridine rings is 1. The van der Waals surface area contributed by atoms with Gasteiger partial charge < -0.3 is 15.4 Å². The largest absolute Gasteiger partial charge is 0.457 e. The van der Waals surface area contributed by atoms with Gasteiger partial charge in [0.05, 0.1) is 0 Å². The first-order chi connectivity index (χ1) is 11.1. The summed E-state index contributed by atoms with van der Waals surface area (Å²) in [5.41, 5.74) is 0.946. The van der Waals surface area contributed by atoms with Crippen molar-refractivity contribution in [2.45, 2.75) is 6.92 Å². The monoisotopic (exact) mass is 311 g/mol. The van der Waals surface area contributed by atoms with Crippen molar-refractivity contribution in [3.63, 3.8) is 0 Å². The molecule has 1 aromatic heterocycles. The molecule has 2 aromatic rings. The van der Waals surface area contributed by atoms with Crippen LogP contribution in [0.1, 0.15) is 17.4 Å². The van der Waals surface area contributed by atoms with Crippen LogP contribution in [0.2, 0.25) is 0 Å². The third-order valence-electron chi connectivity index (χ3n) is 2.87. The maximum Gasteiger partial charge on any atom is 0.269 e. The molecule has 0 aliphatic carbocycles. The average molecular weight is 311 g/mol. The number of carbonyl (C=O) groups is 2. The molecular formula is C17H17N3O3. The van der Waals surface area contributed by atoms with Crippen LogP contribution in [-0.2, 0) is 4.79 Å². The van der Waals surface area contributed by atoms with Crippen molar-refractivity contribution in [2.75, 3.05) is 12.4 Å². The maximum atomic E-state index is 11.5. The minimum atomic E-state index is -0.280. The van der Waals surface area contributed by atoms with Crippen molar-refractivity contribution in [3.05, 3.63) is 60.4 Å². The van der Waals surface area contributed by atoms with Gasteiger partial charge in [-0.1, -0.05) is 6.08 Å². The number of rotatable bonds is 5. The van der Waals surface area contributed by atoms with Crippen LogP contribution < -0.4 is 15.4 Å². The number of benzene rings is 1. The molecule has 23 heavy (non-hydrogen) atoms. The fourth-order valence-electron chi connectivity index (χ4n) is 1.80. The highest BCUT2D eigenvalue weighted by atomic mass is 16.5. The minimum Gasteiger partial charge on any atom is -0.457 e. The summed E-state index contributed by atoms with van der Waals surface area (Å²) in [6.45, 7) is 1.78. The molecule has 0 aliphatic rings. The van der Waals surface area contributed by atoms with Crippen molar-refractivity contribution < 1.29 is 14.3 Å². The fourth-order valence-corrected chi connectivity index (χ4v) is 1.80. The molecule has 6 heteroatoms. The van der Waals surface area contributed by atoms with E-state index in [4.69, 9.17) is 4.74 Å². The zero-order chi connectivity index (χ0) is 16.7. The topological polar surface area (TPSA) is 80.3 Å². The fraction of sp³-hybridized carbons (Fsp3) is 0.118. The highest BCUT2D eigenvalue weighted by molar-refractivity contribution is 5.99. The number of aromatic nitrogens is 1. The number of anilines is 1. The standard InChI is InChI=1S/C17H17N3O3/c1-3-4-16(21)20-12-5-7-13(8-6-12)23-14-9-10-19-15(11-14)17(22)18-2/h3-11H,1-2H3,(H,18,22)(H,20,21)/b4-3+. The second-order valence-electron chi connectivity index (χ2n) is 4.57. The Morgan fingerprint density at radius 3 is 2.52 bits per heavy atom. The number of carbonyl (C=O) groups excluding carboxylic acids is 2. The molecule has 6 nitrogen and oxygen atoms in total. The molecule has 0 spiro atoms. The smallest absolute Gasteiger partial charge is 0.269 e. The highest BCUT2D eigenvalue weighted by Gasteiger charge is 2.07. The quantitative estimate of drug-likeness (QED) is 0.832. The molecule has 1 aromatic carbocycles. The van der Waals surface area contributed by atoms with E-state index in [2.05, 4.69) is 15.6 Å². The van der Waals surface area contributed by atoms with Gasteiger partial charge in [0.25, 0.3) is 5.91 Å².